The lowest BCUT2D eigenvalue weighted by atomic mass is 10.1. The van der Waals surface area contributed by atoms with Gasteiger partial charge in [0, 0.05) is 5.92 Å². The molecule has 0 saturated carbocycles. The summed E-state index contributed by atoms with van der Waals surface area (Å²) >= 11 is 1.54. The Hall–Kier alpha value is -1.01. The lowest BCUT2D eigenvalue weighted by molar-refractivity contribution is 0.504. The molecule has 0 aliphatic rings. The predicted octanol–water partition coefficient (Wildman–Crippen LogP) is 2.36. The minimum Gasteiger partial charge on any atom is -0.322 e. The van der Waals surface area contributed by atoms with Gasteiger partial charge in [-0.15, -0.1) is 10.2 Å². The monoisotopic (exact) mass is 253 g/mol. The van der Waals surface area contributed by atoms with Gasteiger partial charge in [0.05, 0.1) is 6.04 Å². The molecule has 94 valence electrons. The largest absolute Gasteiger partial charge is 0.322 e. The van der Waals surface area contributed by atoms with Gasteiger partial charge in [-0.3, -0.25) is 0 Å². The van der Waals surface area contributed by atoms with Crippen LogP contribution in [0.25, 0.3) is 4.96 Å². The maximum atomic E-state index is 6.13. The van der Waals surface area contributed by atoms with E-state index in [0.717, 1.165) is 22.2 Å². The van der Waals surface area contributed by atoms with E-state index in [4.69, 9.17) is 5.73 Å². The molecule has 6 heteroatoms. The molecule has 2 heterocycles. The highest BCUT2D eigenvalue weighted by molar-refractivity contribution is 7.16. The topological polar surface area (TPSA) is 69.1 Å². The maximum Gasteiger partial charge on any atom is 0.234 e. The van der Waals surface area contributed by atoms with Crippen molar-refractivity contribution < 1.29 is 0 Å². The zero-order valence-electron chi connectivity index (χ0n) is 10.7. The second-order valence-electron chi connectivity index (χ2n) is 5.08. The molecule has 0 bridgehead atoms. The van der Waals surface area contributed by atoms with Crippen molar-refractivity contribution in [2.75, 3.05) is 0 Å². The number of hydrogen-bond acceptors (Lipinski definition) is 5. The van der Waals surface area contributed by atoms with Crippen LogP contribution in [0.2, 0.25) is 0 Å². The van der Waals surface area contributed by atoms with Gasteiger partial charge in [-0.05, 0) is 12.3 Å². The Labute approximate surface area is 105 Å². The van der Waals surface area contributed by atoms with Crippen molar-refractivity contribution in [3.8, 4) is 0 Å². The highest BCUT2D eigenvalue weighted by atomic mass is 32.1. The third-order valence-corrected chi connectivity index (χ3v) is 3.62. The van der Waals surface area contributed by atoms with Gasteiger partial charge in [0.1, 0.15) is 5.01 Å². The number of nitrogens with zero attached hydrogens (tertiary/aromatic N) is 4. The van der Waals surface area contributed by atoms with Crippen LogP contribution in [-0.4, -0.2) is 19.8 Å². The summed E-state index contributed by atoms with van der Waals surface area (Å²) in [7, 11) is 0. The molecule has 0 saturated heterocycles. The van der Waals surface area contributed by atoms with Crippen LogP contribution in [0.5, 0.6) is 0 Å². The lowest BCUT2D eigenvalue weighted by Gasteiger charge is -2.09. The van der Waals surface area contributed by atoms with E-state index in [9.17, 15) is 0 Å². The summed E-state index contributed by atoms with van der Waals surface area (Å²) in [5, 5.41) is 13.8. The summed E-state index contributed by atoms with van der Waals surface area (Å²) in [5.41, 5.74) is 6.13. The SMILES string of the molecule is CC(C)CC(N)c1nn2c(C(C)C)nnc2s1. The Kier molecular flexibility index (Phi) is 3.44. The van der Waals surface area contributed by atoms with Gasteiger partial charge in [0.25, 0.3) is 0 Å². The first-order valence-electron chi connectivity index (χ1n) is 5.96. The van der Waals surface area contributed by atoms with Gasteiger partial charge in [-0.2, -0.15) is 9.61 Å². The molecule has 0 spiro atoms. The van der Waals surface area contributed by atoms with Gasteiger partial charge in [0.15, 0.2) is 5.82 Å². The van der Waals surface area contributed by atoms with Crippen molar-refractivity contribution in [3.05, 3.63) is 10.8 Å². The molecule has 0 amide bonds. The van der Waals surface area contributed by atoms with Crippen molar-refractivity contribution in [3.63, 3.8) is 0 Å². The van der Waals surface area contributed by atoms with Crippen LogP contribution in [-0.2, 0) is 0 Å². The first-order chi connectivity index (χ1) is 7.99. The van der Waals surface area contributed by atoms with Crippen LogP contribution in [0.15, 0.2) is 0 Å². The van der Waals surface area contributed by atoms with E-state index in [2.05, 4.69) is 43.0 Å². The minimum atomic E-state index is 0.00159. The van der Waals surface area contributed by atoms with E-state index in [1.54, 1.807) is 0 Å². The van der Waals surface area contributed by atoms with E-state index in [-0.39, 0.29) is 6.04 Å². The van der Waals surface area contributed by atoms with Crippen LogP contribution in [0.1, 0.15) is 56.9 Å². The van der Waals surface area contributed by atoms with Crippen LogP contribution in [0, 0.1) is 5.92 Å². The Bertz CT molecular complexity index is 499. The number of aromatic nitrogens is 4. The van der Waals surface area contributed by atoms with Crippen molar-refractivity contribution in [1.82, 2.24) is 19.8 Å². The fraction of sp³-hybridized carbons (Fsp3) is 0.727. The van der Waals surface area contributed by atoms with Crippen molar-refractivity contribution in [2.45, 2.75) is 46.1 Å². The molecular formula is C11H19N5S. The summed E-state index contributed by atoms with van der Waals surface area (Å²) < 4.78 is 1.82. The normalized spacial score (nSPS) is 14.1. The fourth-order valence-corrected chi connectivity index (χ4v) is 2.63. The first-order valence-corrected chi connectivity index (χ1v) is 6.78. The Balaban J connectivity index is 2.31. The van der Waals surface area contributed by atoms with Crippen molar-refractivity contribution in [1.29, 1.82) is 0 Å². The molecule has 2 aromatic heterocycles. The molecular weight excluding hydrogens is 234 g/mol. The number of rotatable bonds is 4. The summed E-state index contributed by atoms with van der Waals surface area (Å²) in [6, 6.07) is 0.00159. The minimum absolute atomic E-state index is 0.00159. The van der Waals surface area contributed by atoms with Crippen molar-refractivity contribution >= 4 is 16.3 Å². The van der Waals surface area contributed by atoms with Crippen molar-refractivity contribution in [2.24, 2.45) is 11.7 Å². The lowest BCUT2D eigenvalue weighted by Crippen LogP contribution is -2.13. The third kappa shape index (κ3) is 2.47. The van der Waals surface area contributed by atoms with E-state index >= 15 is 0 Å². The Morgan fingerprint density at radius 3 is 2.53 bits per heavy atom. The molecule has 0 radical (unpaired) electrons. The zero-order chi connectivity index (χ0) is 12.6. The highest BCUT2D eigenvalue weighted by Crippen LogP contribution is 2.25. The third-order valence-electron chi connectivity index (χ3n) is 2.59. The van der Waals surface area contributed by atoms with Crippen LogP contribution in [0.4, 0.5) is 0 Å². The summed E-state index contributed by atoms with van der Waals surface area (Å²) in [5.74, 6) is 1.80. The van der Waals surface area contributed by atoms with Crippen LogP contribution < -0.4 is 5.73 Å². The molecule has 0 fully saturated rings. The van der Waals surface area contributed by atoms with Gasteiger partial charge >= 0.3 is 0 Å². The van der Waals surface area contributed by atoms with E-state index < -0.39 is 0 Å². The predicted molar refractivity (Wildman–Crippen MR) is 69.1 cm³/mol. The van der Waals surface area contributed by atoms with Gasteiger partial charge < -0.3 is 5.73 Å². The smallest absolute Gasteiger partial charge is 0.234 e. The van der Waals surface area contributed by atoms with Crippen LogP contribution >= 0.6 is 11.3 Å². The van der Waals surface area contributed by atoms with Gasteiger partial charge in [0.2, 0.25) is 4.96 Å². The Morgan fingerprint density at radius 2 is 1.94 bits per heavy atom. The molecule has 1 unspecified atom stereocenters. The maximum absolute atomic E-state index is 6.13. The highest BCUT2D eigenvalue weighted by Gasteiger charge is 2.18. The molecule has 2 aromatic rings. The first kappa shape index (κ1) is 12.4. The number of fused-ring (bicyclic) bond motifs is 1. The molecule has 5 nitrogen and oxygen atoms in total. The molecule has 0 aromatic carbocycles. The summed E-state index contributed by atoms with van der Waals surface area (Å²) in [4.78, 5) is 0.836. The molecule has 1 atom stereocenters. The molecule has 2 rings (SSSR count). The molecule has 0 aliphatic heterocycles. The van der Waals surface area contributed by atoms with E-state index in [1.807, 2.05) is 4.52 Å². The number of nitrogens with two attached hydrogens (primary N) is 1. The van der Waals surface area contributed by atoms with Crippen LogP contribution in [0.3, 0.4) is 0 Å². The van der Waals surface area contributed by atoms with Gasteiger partial charge in [-0.25, -0.2) is 0 Å². The van der Waals surface area contributed by atoms with Gasteiger partial charge in [-0.1, -0.05) is 39.0 Å². The number of hydrogen-bond donors (Lipinski definition) is 1. The molecule has 17 heavy (non-hydrogen) atoms. The second kappa shape index (κ2) is 4.70. The van der Waals surface area contributed by atoms with E-state index in [1.165, 1.54) is 11.3 Å². The Morgan fingerprint density at radius 1 is 1.24 bits per heavy atom. The fourth-order valence-electron chi connectivity index (χ4n) is 1.77. The summed E-state index contributed by atoms with van der Waals surface area (Å²) in [6.45, 7) is 8.51. The molecule has 0 aliphatic carbocycles. The average Bonchev–Trinajstić information content (AvgIpc) is 2.72. The molecule has 2 N–H and O–H groups in total. The summed E-state index contributed by atoms with van der Waals surface area (Å²) in [6.07, 6.45) is 0.946. The zero-order valence-corrected chi connectivity index (χ0v) is 11.5. The standard InChI is InChI=1S/C11H19N5S/c1-6(2)5-8(12)10-15-16-9(7(3)4)13-14-11(16)17-10/h6-8H,5,12H2,1-4H3. The van der Waals surface area contributed by atoms with E-state index in [0.29, 0.717) is 11.8 Å². The quantitative estimate of drug-likeness (QED) is 0.908. The average molecular weight is 253 g/mol. The second-order valence-corrected chi connectivity index (χ2v) is 6.07.